The molecule has 0 saturated carbocycles. The molecule has 1 aromatic heterocycles. The summed E-state index contributed by atoms with van der Waals surface area (Å²) in [5.41, 5.74) is 2.02. The number of hydrogen-bond donors (Lipinski definition) is 1. The Hall–Kier alpha value is -2.68. The van der Waals surface area contributed by atoms with Crippen molar-refractivity contribution in [3.63, 3.8) is 0 Å². The molecule has 0 aliphatic carbocycles. The van der Waals surface area contributed by atoms with Crippen LogP contribution < -0.4 is 5.32 Å². The van der Waals surface area contributed by atoms with E-state index in [1.54, 1.807) is 12.5 Å². The van der Waals surface area contributed by atoms with Crippen molar-refractivity contribution < 1.29 is 13.2 Å². The van der Waals surface area contributed by atoms with Crippen molar-refractivity contribution in [2.45, 2.75) is 24.3 Å². The third-order valence-corrected chi connectivity index (χ3v) is 7.30. The zero-order chi connectivity index (χ0) is 21.1. The molecular formula is C21H21ClN4O3S. The van der Waals surface area contributed by atoms with Gasteiger partial charge in [0.05, 0.1) is 21.8 Å². The summed E-state index contributed by atoms with van der Waals surface area (Å²) >= 11 is 6.18. The molecule has 1 saturated heterocycles. The topological polar surface area (TPSA) is 84.3 Å². The molecule has 156 valence electrons. The molecule has 30 heavy (non-hydrogen) atoms. The summed E-state index contributed by atoms with van der Waals surface area (Å²) in [6, 6.07) is 11.9. The Balaban J connectivity index is 1.47. The van der Waals surface area contributed by atoms with Crippen LogP contribution in [0.4, 0.5) is 0 Å². The van der Waals surface area contributed by atoms with Crippen molar-refractivity contribution in [1.82, 2.24) is 19.2 Å². The quantitative estimate of drug-likeness (QED) is 0.632. The molecule has 9 heteroatoms. The van der Waals surface area contributed by atoms with Gasteiger partial charge >= 0.3 is 0 Å². The summed E-state index contributed by atoms with van der Waals surface area (Å²) in [5, 5.41) is 3.02. The summed E-state index contributed by atoms with van der Waals surface area (Å²) in [6.45, 7) is 1.30. The summed E-state index contributed by atoms with van der Waals surface area (Å²) in [5.74, 6) is -0.419. The maximum Gasteiger partial charge on any atom is 0.253 e. The lowest BCUT2D eigenvalue weighted by Gasteiger charge is -2.16. The highest BCUT2D eigenvalue weighted by Crippen LogP contribution is 2.25. The van der Waals surface area contributed by atoms with Gasteiger partial charge in [0.15, 0.2) is 0 Å². The van der Waals surface area contributed by atoms with Crippen molar-refractivity contribution in [3.8, 4) is 5.69 Å². The predicted molar refractivity (Wildman–Crippen MR) is 114 cm³/mol. The second kappa shape index (κ2) is 8.59. The van der Waals surface area contributed by atoms with E-state index < -0.39 is 15.9 Å². The van der Waals surface area contributed by atoms with E-state index in [1.807, 2.05) is 35.0 Å². The largest absolute Gasteiger partial charge is 0.348 e. The number of aromatic nitrogens is 2. The van der Waals surface area contributed by atoms with Crippen LogP contribution in [0.15, 0.2) is 66.1 Å². The van der Waals surface area contributed by atoms with Gasteiger partial charge in [-0.3, -0.25) is 4.79 Å². The number of imidazole rings is 1. The van der Waals surface area contributed by atoms with Gasteiger partial charge in [-0.1, -0.05) is 23.7 Å². The molecule has 1 amide bonds. The molecule has 0 radical (unpaired) electrons. The number of amides is 1. The van der Waals surface area contributed by atoms with Gasteiger partial charge in [-0.25, -0.2) is 13.4 Å². The molecule has 4 rings (SSSR count). The number of carbonyl (C=O) groups is 1. The van der Waals surface area contributed by atoms with Crippen LogP contribution in [0.3, 0.4) is 0 Å². The molecular weight excluding hydrogens is 424 g/mol. The van der Waals surface area contributed by atoms with Gasteiger partial charge in [0.2, 0.25) is 10.0 Å². The third-order valence-electron chi connectivity index (χ3n) is 5.08. The maximum absolute atomic E-state index is 12.8. The van der Waals surface area contributed by atoms with Crippen LogP contribution >= 0.6 is 11.6 Å². The van der Waals surface area contributed by atoms with Crippen LogP contribution in [0.2, 0.25) is 5.02 Å². The average Bonchev–Trinajstić information content (AvgIpc) is 3.47. The SMILES string of the molecule is O=C(NCc1ccc(-n2ccnc2)cc1)c1cc(S(=O)(=O)N2CCCC2)ccc1Cl. The highest BCUT2D eigenvalue weighted by Gasteiger charge is 2.28. The van der Waals surface area contributed by atoms with E-state index in [-0.39, 0.29) is 15.5 Å². The van der Waals surface area contributed by atoms with Gasteiger partial charge in [0.1, 0.15) is 0 Å². The number of rotatable bonds is 6. The van der Waals surface area contributed by atoms with Crippen molar-refractivity contribution >= 4 is 27.5 Å². The van der Waals surface area contributed by atoms with Crippen LogP contribution in [-0.4, -0.2) is 41.3 Å². The van der Waals surface area contributed by atoms with Gasteiger partial charge in [-0.05, 0) is 48.7 Å². The number of nitrogens with one attached hydrogen (secondary N) is 1. The standard InChI is InChI=1S/C21H21ClN4O3S/c22-20-8-7-18(30(28,29)26-10-1-2-11-26)13-19(20)21(27)24-14-16-3-5-17(6-4-16)25-12-9-23-15-25/h3-9,12-13,15H,1-2,10-11,14H2,(H,24,27). The lowest BCUT2D eigenvalue weighted by Crippen LogP contribution is -2.28. The van der Waals surface area contributed by atoms with Gasteiger partial charge in [0, 0.05) is 37.7 Å². The smallest absolute Gasteiger partial charge is 0.253 e. The molecule has 2 aromatic carbocycles. The normalized spacial score (nSPS) is 14.7. The van der Waals surface area contributed by atoms with E-state index >= 15 is 0 Å². The van der Waals surface area contributed by atoms with Crippen molar-refractivity contribution in [2.75, 3.05) is 13.1 Å². The van der Waals surface area contributed by atoms with Gasteiger partial charge in [-0.2, -0.15) is 4.31 Å². The second-order valence-corrected chi connectivity index (χ2v) is 9.42. The Morgan fingerprint density at radius 2 is 1.83 bits per heavy atom. The lowest BCUT2D eigenvalue weighted by molar-refractivity contribution is 0.0951. The molecule has 1 N–H and O–H groups in total. The molecule has 2 heterocycles. The number of benzene rings is 2. The summed E-state index contributed by atoms with van der Waals surface area (Å²) in [6.07, 6.45) is 6.96. The molecule has 1 aliphatic rings. The number of nitrogens with zero attached hydrogens (tertiary/aromatic N) is 3. The van der Waals surface area contributed by atoms with E-state index in [0.717, 1.165) is 24.1 Å². The van der Waals surface area contributed by atoms with Crippen molar-refractivity contribution in [2.24, 2.45) is 0 Å². The molecule has 7 nitrogen and oxygen atoms in total. The lowest BCUT2D eigenvalue weighted by atomic mass is 10.1. The fourth-order valence-electron chi connectivity index (χ4n) is 3.39. The minimum Gasteiger partial charge on any atom is -0.348 e. The maximum atomic E-state index is 12.8. The first-order valence-corrected chi connectivity index (χ1v) is 11.4. The molecule has 1 fully saturated rings. The first-order chi connectivity index (χ1) is 14.4. The van der Waals surface area contributed by atoms with Crippen LogP contribution in [0.1, 0.15) is 28.8 Å². The van der Waals surface area contributed by atoms with Gasteiger partial charge in [0.25, 0.3) is 5.91 Å². The zero-order valence-electron chi connectivity index (χ0n) is 16.2. The number of carbonyl (C=O) groups excluding carboxylic acids is 1. The van der Waals surface area contributed by atoms with E-state index in [1.165, 1.54) is 22.5 Å². The Morgan fingerprint density at radius 3 is 2.50 bits per heavy atom. The van der Waals surface area contributed by atoms with Gasteiger partial charge in [-0.15, -0.1) is 0 Å². The number of sulfonamides is 1. The Labute approximate surface area is 180 Å². The molecule has 3 aromatic rings. The summed E-state index contributed by atoms with van der Waals surface area (Å²) in [7, 11) is -3.62. The minimum absolute atomic E-state index is 0.0867. The summed E-state index contributed by atoms with van der Waals surface area (Å²) in [4.78, 5) is 16.8. The third kappa shape index (κ3) is 4.26. The number of hydrogen-bond acceptors (Lipinski definition) is 4. The van der Waals surface area contributed by atoms with Crippen molar-refractivity contribution in [1.29, 1.82) is 0 Å². The van der Waals surface area contributed by atoms with Crippen molar-refractivity contribution in [3.05, 3.63) is 77.3 Å². The van der Waals surface area contributed by atoms with E-state index in [2.05, 4.69) is 10.3 Å². The molecule has 0 bridgehead atoms. The Bertz CT molecular complexity index is 1140. The average molecular weight is 445 g/mol. The van der Waals surface area contributed by atoms with Gasteiger partial charge < -0.3 is 9.88 Å². The van der Waals surface area contributed by atoms with E-state index in [0.29, 0.717) is 19.6 Å². The molecule has 0 atom stereocenters. The van der Waals surface area contributed by atoms with E-state index in [4.69, 9.17) is 11.6 Å². The summed E-state index contributed by atoms with van der Waals surface area (Å²) < 4.78 is 28.9. The zero-order valence-corrected chi connectivity index (χ0v) is 17.7. The molecule has 0 unspecified atom stereocenters. The number of halogens is 1. The van der Waals surface area contributed by atoms with Crippen LogP contribution in [-0.2, 0) is 16.6 Å². The highest BCUT2D eigenvalue weighted by atomic mass is 35.5. The minimum atomic E-state index is -3.62. The fraction of sp³-hybridized carbons (Fsp3) is 0.238. The fourth-order valence-corrected chi connectivity index (χ4v) is 5.14. The van der Waals surface area contributed by atoms with Crippen LogP contribution in [0, 0.1) is 0 Å². The monoisotopic (exact) mass is 444 g/mol. The second-order valence-electron chi connectivity index (χ2n) is 7.07. The highest BCUT2D eigenvalue weighted by molar-refractivity contribution is 7.89. The van der Waals surface area contributed by atoms with Crippen LogP contribution in [0.25, 0.3) is 5.69 Å². The Morgan fingerprint density at radius 1 is 1.10 bits per heavy atom. The molecule has 0 spiro atoms. The van der Waals surface area contributed by atoms with E-state index in [9.17, 15) is 13.2 Å². The molecule has 1 aliphatic heterocycles. The first kappa shape index (κ1) is 20.6. The predicted octanol–water partition coefficient (Wildman–Crippen LogP) is 3.24. The first-order valence-electron chi connectivity index (χ1n) is 9.60. The Kier molecular flexibility index (Phi) is 5.90. The van der Waals surface area contributed by atoms with Crippen LogP contribution in [0.5, 0.6) is 0 Å².